The number of carbonyl (C=O) groups is 1. The van der Waals surface area contributed by atoms with Crippen molar-refractivity contribution in [2.75, 3.05) is 19.6 Å². The molecule has 1 aliphatic rings. The van der Waals surface area contributed by atoms with E-state index in [1.54, 1.807) is 0 Å². The summed E-state index contributed by atoms with van der Waals surface area (Å²) >= 11 is 1.98. The van der Waals surface area contributed by atoms with Crippen LogP contribution in [0, 0.1) is 11.8 Å². The van der Waals surface area contributed by atoms with Gasteiger partial charge in [-0.3, -0.25) is 4.79 Å². The van der Waals surface area contributed by atoms with E-state index in [1.807, 2.05) is 16.7 Å². The minimum absolute atomic E-state index is 0.296. The highest BCUT2D eigenvalue weighted by Gasteiger charge is 2.27. The monoisotopic (exact) mass is 272 g/mol. The third-order valence-electron chi connectivity index (χ3n) is 3.37. The Kier molecular flexibility index (Phi) is 6.50. The third kappa shape index (κ3) is 5.19. The molecule has 1 saturated heterocycles. The summed E-state index contributed by atoms with van der Waals surface area (Å²) in [6, 6.07) is 0. The van der Waals surface area contributed by atoms with E-state index in [9.17, 15) is 4.79 Å². The molecule has 0 aromatic carbocycles. The Hall–Kier alpha value is -0.220. The normalized spacial score (nSPS) is 26.4. The summed E-state index contributed by atoms with van der Waals surface area (Å²) in [6.07, 6.45) is 1.68. The largest absolute Gasteiger partial charge is 0.340 e. The molecular weight excluding hydrogens is 244 g/mol. The number of nitrogens with zero attached hydrogens (tertiary/aromatic N) is 1. The van der Waals surface area contributed by atoms with Gasteiger partial charge in [0.2, 0.25) is 5.91 Å². The maximum atomic E-state index is 12.3. The van der Waals surface area contributed by atoms with E-state index in [0.29, 0.717) is 41.2 Å². The van der Waals surface area contributed by atoms with Crippen molar-refractivity contribution in [2.45, 2.75) is 51.0 Å². The van der Waals surface area contributed by atoms with Crippen LogP contribution in [0.5, 0.6) is 0 Å². The van der Waals surface area contributed by atoms with Crippen LogP contribution in [-0.2, 0) is 4.79 Å². The number of amides is 1. The molecule has 1 heterocycles. The van der Waals surface area contributed by atoms with Gasteiger partial charge in [-0.25, -0.2) is 0 Å². The SMILES string of the molecule is CC(C)CC(CN)CC(=O)N1CC(C)SC(C)C1. The second kappa shape index (κ2) is 7.39. The lowest BCUT2D eigenvalue weighted by Gasteiger charge is -2.35. The molecule has 0 aromatic heterocycles. The topological polar surface area (TPSA) is 46.3 Å². The predicted molar refractivity (Wildman–Crippen MR) is 79.7 cm³/mol. The molecule has 106 valence electrons. The number of rotatable bonds is 5. The molecule has 18 heavy (non-hydrogen) atoms. The van der Waals surface area contributed by atoms with Crippen LogP contribution in [0.25, 0.3) is 0 Å². The van der Waals surface area contributed by atoms with E-state index < -0.39 is 0 Å². The molecule has 3 nitrogen and oxygen atoms in total. The Balaban J connectivity index is 2.47. The summed E-state index contributed by atoms with van der Waals surface area (Å²) in [5.74, 6) is 1.25. The lowest BCUT2D eigenvalue weighted by Crippen LogP contribution is -2.44. The maximum Gasteiger partial charge on any atom is 0.222 e. The molecule has 3 unspecified atom stereocenters. The van der Waals surface area contributed by atoms with Crippen molar-refractivity contribution < 1.29 is 4.79 Å². The summed E-state index contributed by atoms with van der Waals surface area (Å²) in [5.41, 5.74) is 5.78. The smallest absolute Gasteiger partial charge is 0.222 e. The third-order valence-corrected chi connectivity index (χ3v) is 4.60. The van der Waals surface area contributed by atoms with Crippen LogP contribution in [0.1, 0.15) is 40.5 Å². The number of nitrogens with two attached hydrogens (primary N) is 1. The van der Waals surface area contributed by atoms with Gasteiger partial charge < -0.3 is 10.6 Å². The lowest BCUT2D eigenvalue weighted by molar-refractivity contribution is -0.132. The van der Waals surface area contributed by atoms with Gasteiger partial charge in [0.15, 0.2) is 0 Å². The van der Waals surface area contributed by atoms with Crippen LogP contribution < -0.4 is 5.73 Å². The number of hydrogen-bond acceptors (Lipinski definition) is 3. The van der Waals surface area contributed by atoms with Gasteiger partial charge in [0.05, 0.1) is 0 Å². The van der Waals surface area contributed by atoms with Gasteiger partial charge >= 0.3 is 0 Å². The standard InChI is InChI=1S/C14H28N2OS/c1-10(2)5-13(7-15)6-14(17)16-8-11(3)18-12(4)9-16/h10-13H,5-9,15H2,1-4H3. The van der Waals surface area contributed by atoms with Gasteiger partial charge in [0.25, 0.3) is 0 Å². The summed E-state index contributed by atoms with van der Waals surface area (Å²) in [5, 5.41) is 1.11. The molecule has 1 amide bonds. The zero-order chi connectivity index (χ0) is 13.7. The van der Waals surface area contributed by atoms with E-state index >= 15 is 0 Å². The molecule has 2 N–H and O–H groups in total. The number of thioether (sulfide) groups is 1. The molecule has 0 aromatic rings. The first kappa shape index (κ1) is 15.8. The Morgan fingerprint density at radius 1 is 1.33 bits per heavy atom. The highest BCUT2D eigenvalue weighted by molar-refractivity contribution is 8.00. The van der Waals surface area contributed by atoms with E-state index in [2.05, 4.69) is 27.7 Å². The first-order valence-corrected chi connectivity index (χ1v) is 8.00. The average Bonchev–Trinajstić information content (AvgIpc) is 2.26. The molecule has 0 saturated carbocycles. The fourth-order valence-corrected chi connectivity index (χ4v) is 4.01. The van der Waals surface area contributed by atoms with Crippen LogP contribution in [0.15, 0.2) is 0 Å². The van der Waals surface area contributed by atoms with Crippen LogP contribution >= 0.6 is 11.8 Å². The van der Waals surface area contributed by atoms with E-state index in [1.165, 1.54) is 0 Å². The number of hydrogen-bond donors (Lipinski definition) is 1. The average molecular weight is 272 g/mol. The first-order chi connectivity index (χ1) is 8.42. The van der Waals surface area contributed by atoms with Gasteiger partial charge in [0.1, 0.15) is 0 Å². The highest BCUT2D eigenvalue weighted by atomic mass is 32.2. The lowest BCUT2D eigenvalue weighted by atomic mass is 9.93. The van der Waals surface area contributed by atoms with Gasteiger partial charge in [-0.05, 0) is 24.8 Å². The van der Waals surface area contributed by atoms with Crippen molar-refractivity contribution in [3.63, 3.8) is 0 Å². The highest BCUT2D eigenvalue weighted by Crippen LogP contribution is 2.26. The minimum atomic E-state index is 0.296. The van der Waals surface area contributed by atoms with Crippen molar-refractivity contribution in [3.8, 4) is 0 Å². The zero-order valence-electron chi connectivity index (χ0n) is 12.2. The number of carbonyl (C=O) groups excluding carboxylic acids is 1. The molecule has 4 heteroatoms. The molecule has 1 aliphatic heterocycles. The van der Waals surface area contributed by atoms with Crippen molar-refractivity contribution in [1.82, 2.24) is 4.90 Å². The first-order valence-electron chi connectivity index (χ1n) is 7.05. The van der Waals surface area contributed by atoms with E-state index in [-0.39, 0.29) is 0 Å². The zero-order valence-corrected chi connectivity index (χ0v) is 13.0. The van der Waals surface area contributed by atoms with Crippen LogP contribution in [0.3, 0.4) is 0 Å². The van der Waals surface area contributed by atoms with Gasteiger partial charge in [0, 0.05) is 30.0 Å². The van der Waals surface area contributed by atoms with Crippen molar-refractivity contribution in [3.05, 3.63) is 0 Å². The molecule has 3 atom stereocenters. The molecule has 1 fully saturated rings. The quantitative estimate of drug-likeness (QED) is 0.835. The van der Waals surface area contributed by atoms with Crippen molar-refractivity contribution in [1.29, 1.82) is 0 Å². The molecule has 0 spiro atoms. The van der Waals surface area contributed by atoms with Crippen LogP contribution in [0.2, 0.25) is 0 Å². The van der Waals surface area contributed by atoms with Crippen molar-refractivity contribution in [2.24, 2.45) is 17.6 Å². The summed E-state index contributed by atoms with van der Waals surface area (Å²) in [4.78, 5) is 14.3. The summed E-state index contributed by atoms with van der Waals surface area (Å²) in [7, 11) is 0. The predicted octanol–water partition coefficient (Wildman–Crippen LogP) is 2.35. The van der Waals surface area contributed by atoms with Gasteiger partial charge in [-0.1, -0.05) is 27.7 Å². The molecule has 1 rings (SSSR count). The Morgan fingerprint density at radius 2 is 1.89 bits per heavy atom. The summed E-state index contributed by atoms with van der Waals surface area (Å²) < 4.78 is 0. The Labute approximate surface area is 116 Å². The van der Waals surface area contributed by atoms with Crippen LogP contribution in [0.4, 0.5) is 0 Å². The molecule has 0 radical (unpaired) electrons. The summed E-state index contributed by atoms with van der Waals surface area (Å²) in [6.45, 7) is 11.2. The Bertz CT molecular complexity index is 261. The molecule has 0 aliphatic carbocycles. The second-order valence-corrected chi connectivity index (χ2v) is 7.87. The van der Waals surface area contributed by atoms with Gasteiger partial charge in [-0.2, -0.15) is 11.8 Å². The van der Waals surface area contributed by atoms with E-state index in [4.69, 9.17) is 5.73 Å². The maximum absolute atomic E-state index is 12.3. The fraction of sp³-hybridized carbons (Fsp3) is 0.929. The fourth-order valence-electron chi connectivity index (χ4n) is 2.69. The molecular formula is C14H28N2OS. The second-order valence-electron chi connectivity index (χ2n) is 5.99. The molecule has 0 bridgehead atoms. The van der Waals surface area contributed by atoms with Crippen LogP contribution in [-0.4, -0.2) is 40.9 Å². The minimum Gasteiger partial charge on any atom is -0.340 e. The van der Waals surface area contributed by atoms with E-state index in [0.717, 1.165) is 19.5 Å². The Morgan fingerprint density at radius 3 is 2.33 bits per heavy atom. The van der Waals surface area contributed by atoms with Gasteiger partial charge in [-0.15, -0.1) is 0 Å². The van der Waals surface area contributed by atoms with Crippen molar-refractivity contribution >= 4 is 17.7 Å².